The molecule has 2 aromatic carbocycles. The maximum absolute atomic E-state index is 11.8. The van der Waals surface area contributed by atoms with Crippen LogP contribution in [0.5, 0.6) is 11.5 Å². The van der Waals surface area contributed by atoms with Gasteiger partial charge in [-0.2, -0.15) is 0 Å². The van der Waals surface area contributed by atoms with Gasteiger partial charge in [-0.25, -0.2) is 4.79 Å². The molecule has 0 aliphatic rings. The minimum atomic E-state index is -0.329. The van der Waals surface area contributed by atoms with Crippen molar-refractivity contribution in [3.8, 4) is 11.5 Å². The first-order chi connectivity index (χ1) is 12.6. The molecular weight excluding hydrogens is 352 g/mol. The van der Waals surface area contributed by atoms with Crippen molar-refractivity contribution in [2.45, 2.75) is 13.3 Å². The highest BCUT2D eigenvalue weighted by molar-refractivity contribution is 7.80. The van der Waals surface area contributed by atoms with Crippen molar-refractivity contribution < 1.29 is 19.0 Å². The van der Waals surface area contributed by atoms with Gasteiger partial charge in [0.1, 0.15) is 0 Å². The van der Waals surface area contributed by atoms with Gasteiger partial charge in [0, 0.05) is 17.4 Å². The van der Waals surface area contributed by atoms with Crippen LogP contribution in [0.3, 0.4) is 0 Å². The molecule has 0 amide bonds. The summed E-state index contributed by atoms with van der Waals surface area (Å²) in [6.07, 6.45) is 0.793. The van der Waals surface area contributed by atoms with Gasteiger partial charge >= 0.3 is 5.97 Å². The number of hydrogen-bond acceptors (Lipinski definition) is 5. The number of thiocarbonyl (C=S) groups is 1. The molecule has 7 heteroatoms. The maximum Gasteiger partial charge on any atom is 0.338 e. The van der Waals surface area contributed by atoms with Crippen LogP contribution in [-0.2, 0) is 4.74 Å². The predicted molar refractivity (Wildman–Crippen MR) is 106 cm³/mol. The first-order valence-corrected chi connectivity index (χ1v) is 8.55. The van der Waals surface area contributed by atoms with E-state index in [0.29, 0.717) is 28.8 Å². The first-order valence-electron chi connectivity index (χ1n) is 8.14. The average Bonchev–Trinajstić information content (AvgIpc) is 2.66. The van der Waals surface area contributed by atoms with Gasteiger partial charge in [-0.15, -0.1) is 0 Å². The van der Waals surface area contributed by atoms with Crippen molar-refractivity contribution >= 4 is 34.7 Å². The summed E-state index contributed by atoms with van der Waals surface area (Å²) in [7, 11) is 3.16. The fraction of sp³-hybridized carbons (Fsp3) is 0.263. The number of rotatable bonds is 7. The number of hydrogen-bond donors (Lipinski definition) is 2. The molecule has 0 bridgehead atoms. The van der Waals surface area contributed by atoms with Gasteiger partial charge in [-0.3, -0.25) is 0 Å². The highest BCUT2D eigenvalue weighted by Gasteiger charge is 2.08. The lowest BCUT2D eigenvalue weighted by atomic mass is 10.2. The molecule has 0 aliphatic heterocycles. The summed E-state index contributed by atoms with van der Waals surface area (Å²) in [5.74, 6) is 0.919. The number of esters is 1. The third-order valence-corrected chi connectivity index (χ3v) is 3.66. The van der Waals surface area contributed by atoms with Crippen LogP contribution in [0.2, 0.25) is 0 Å². The topological polar surface area (TPSA) is 68.8 Å². The zero-order valence-corrected chi connectivity index (χ0v) is 15.8. The van der Waals surface area contributed by atoms with Gasteiger partial charge in [0.15, 0.2) is 16.6 Å². The minimum absolute atomic E-state index is 0.329. The van der Waals surface area contributed by atoms with Crippen LogP contribution >= 0.6 is 12.2 Å². The number of benzene rings is 2. The van der Waals surface area contributed by atoms with Gasteiger partial charge in [0.05, 0.1) is 26.4 Å². The predicted octanol–water partition coefficient (Wildman–Crippen LogP) is 4.08. The van der Waals surface area contributed by atoms with Crippen LogP contribution in [0.15, 0.2) is 42.5 Å². The monoisotopic (exact) mass is 374 g/mol. The molecule has 138 valence electrons. The van der Waals surface area contributed by atoms with Crippen molar-refractivity contribution in [3.05, 3.63) is 48.0 Å². The molecule has 2 aromatic rings. The van der Waals surface area contributed by atoms with Crippen LogP contribution < -0.4 is 20.1 Å². The Morgan fingerprint density at radius 2 is 1.58 bits per heavy atom. The lowest BCUT2D eigenvalue weighted by Crippen LogP contribution is -2.19. The number of ether oxygens (including phenoxy) is 3. The van der Waals surface area contributed by atoms with Crippen molar-refractivity contribution in [1.29, 1.82) is 0 Å². The van der Waals surface area contributed by atoms with Gasteiger partial charge in [0.2, 0.25) is 0 Å². The Bertz CT molecular complexity index is 763. The smallest absolute Gasteiger partial charge is 0.338 e. The number of methoxy groups -OCH3 is 2. The number of carbonyl (C=O) groups excluding carboxylic acids is 1. The highest BCUT2D eigenvalue weighted by Crippen LogP contribution is 2.29. The van der Waals surface area contributed by atoms with E-state index >= 15 is 0 Å². The Labute approximate surface area is 158 Å². The second kappa shape index (κ2) is 9.62. The number of carbonyl (C=O) groups is 1. The Kier molecular flexibility index (Phi) is 7.23. The van der Waals surface area contributed by atoms with E-state index in [1.165, 1.54) is 0 Å². The SMILES string of the molecule is CCCOC(=O)c1ccc(NC(=S)Nc2ccc(OC)c(OC)c2)cc1. The molecule has 2 N–H and O–H groups in total. The Morgan fingerprint density at radius 3 is 2.19 bits per heavy atom. The Morgan fingerprint density at radius 1 is 0.962 bits per heavy atom. The van der Waals surface area contributed by atoms with Crippen molar-refractivity contribution in [2.24, 2.45) is 0 Å². The minimum Gasteiger partial charge on any atom is -0.493 e. The number of nitrogens with one attached hydrogen (secondary N) is 2. The van der Waals surface area contributed by atoms with Gasteiger partial charge in [-0.05, 0) is 55.0 Å². The molecule has 0 saturated heterocycles. The molecular formula is C19H22N2O4S. The highest BCUT2D eigenvalue weighted by atomic mass is 32.1. The summed E-state index contributed by atoms with van der Waals surface area (Å²) in [4.78, 5) is 11.8. The summed E-state index contributed by atoms with van der Waals surface area (Å²) in [6.45, 7) is 2.37. The fourth-order valence-corrected chi connectivity index (χ4v) is 2.41. The van der Waals surface area contributed by atoms with Gasteiger partial charge in [-0.1, -0.05) is 6.92 Å². The molecule has 0 saturated carbocycles. The van der Waals surface area contributed by atoms with E-state index in [1.807, 2.05) is 13.0 Å². The zero-order chi connectivity index (χ0) is 18.9. The van der Waals surface area contributed by atoms with Crippen molar-refractivity contribution in [1.82, 2.24) is 0 Å². The van der Waals surface area contributed by atoms with Crippen LogP contribution in [-0.4, -0.2) is 31.9 Å². The quantitative estimate of drug-likeness (QED) is 0.559. The largest absolute Gasteiger partial charge is 0.493 e. The summed E-state index contributed by atoms with van der Waals surface area (Å²) in [6, 6.07) is 12.3. The van der Waals surface area contributed by atoms with E-state index < -0.39 is 0 Å². The second-order valence-corrected chi connectivity index (χ2v) is 5.77. The molecule has 0 unspecified atom stereocenters. The maximum atomic E-state index is 11.8. The molecule has 0 radical (unpaired) electrons. The van der Waals surface area contributed by atoms with Crippen LogP contribution in [0.1, 0.15) is 23.7 Å². The molecule has 26 heavy (non-hydrogen) atoms. The summed E-state index contributed by atoms with van der Waals surface area (Å²) in [5, 5.41) is 6.55. The molecule has 0 fully saturated rings. The van der Waals surface area contributed by atoms with Crippen molar-refractivity contribution in [3.63, 3.8) is 0 Å². The normalized spacial score (nSPS) is 9.96. The average molecular weight is 374 g/mol. The third-order valence-electron chi connectivity index (χ3n) is 3.46. The summed E-state index contributed by atoms with van der Waals surface area (Å²) in [5.41, 5.74) is 2.03. The molecule has 0 aliphatic carbocycles. The third kappa shape index (κ3) is 5.35. The Hall–Kier alpha value is -2.80. The van der Waals surface area contributed by atoms with E-state index in [-0.39, 0.29) is 5.97 Å². The van der Waals surface area contributed by atoms with Gasteiger partial charge < -0.3 is 24.8 Å². The van der Waals surface area contributed by atoms with Crippen LogP contribution in [0.4, 0.5) is 11.4 Å². The molecule has 6 nitrogen and oxygen atoms in total. The Balaban J connectivity index is 1.96. The van der Waals surface area contributed by atoms with Crippen LogP contribution in [0.25, 0.3) is 0 Å². The molecule has 0 aromatic heterocycles. The summed E-state index contributed by atoms with van der Waals surface area (Å²) < 4.78 is 15.6. The lowest BCUT2D eigenvalue weighted by molar-refractivity contribution is 0.0505. The van der Waals surface area contributed by atoms with E-state index in [1.54, 1.807) is 50.6 Å². The molecule has 0 heterocycles. The molecule has 0 spiro atoms. The second-order valence-electron chi connectivity index (χ2n) is 5.36. The fourth-order valence-electron chi connectivity index (χ4n) is 2.18. The summed E-state index contributed by atoms with van der Waals surface area (Å²) >= 11 is 5.31. The molecule has 2 rings (SSSR count). The van der Waals surface area contributed by atoms with Crippen LogP contribution in [0, 0.1) is 0 Å². The van der Waals surface area contributed by atoms with E-state index in [0.717, 1.165) is 17.8 Å². The van der Waals surface area contributed by atoms with Crippen molar-refractivity contribution in [2.75, 3.05) is 31.5 Å². The first kappa shape index (κ1) is 19.5. The van der Waals surface area contributed by atoms with E-state index in [9.17, 15) is 4.79 Å². The van der Waals surface area contributed by atoms with E-state index in [2.05, 4.69) is 10.6 Å². The van der Waals surface area contributed by atoms with Gasteiger partial charge in [0.25, 0.3) is 0 Å². The standard InChI is InChI=1S/C19H22N2O4S/c1-4-11-25-18(22)13-5-7-14(8-6-13)20-19(26)21-15-9-10-16(23-2)17(12-15)24-3/h5-10,12H,4,11H2,1-3H3,(H2,20,21,26). The van der Waals surface area contributed by atoms with E-state index in [4.69, 9.17) is 26.4 Å². The molecule has 0 atom stereocenters. The zero-order valence-electron chi connectivity index (χ0n) is 15.0. The number of anilines is 2. The lowest BCUT2D eigenvalue weighted by Gasteiger charge is -2.13.